The molecule has 5 heteroatoms. The molecule has 3 aromatic rings. The predicted octanol–water partition coefficient (Wildman–Crippen LogP) is 5.01. The quantitative estimate of drug-likeness (QED) is 0.505. The van der Waals surface area contributed by atoms with Gasteiger partial charge in [-0.3, -0.25) is 14.8 Å². The fraction of sp³-hybridized carbons (Fsp3) is 0.300. The van der Waals surface area contributed by atoms with Crippen LogP contribution in [0.4, 0.5) is 0 Å². The van der Waals surface area contributed by atoms with Gasteiger partial charge in [-0.05, 0) is 30.2 Å². The minimum absolute atomic E-state index is 0.111. The monoisotopic (exact) mass is 467 g/mol. The number of pyridine rings is 1. The van der Waals surface area contributed by atoms with Crippen LogP contribution >= 0.6 is 0 Å². The van der Waals surface area contributed by atoms with E-state index < -0.39 is 6.23 Å². The van der Waals surface area contributed by atoms with E-state index in [1.54, 1.807) is 12.4 Å². The molecule has 180 valence electrons. The number of para-hydroxylation sites is 1. The Bertz CT molecular complexity index is 1100. The summed E-state index contributed by atoms with van der Waals surface area (Å²) in [7, 11) is 0. The molecular weight excluding hydrogens is 434 g/mol. The van der Waals surface area contributed by atoms with Gasteiger partial charge in [0.25, 0.3) is 0 Å². The Labute approximate surface area is 208 Å². The number of allylic oxidation sites excluding steroid dienone is 3. The minimum Gasteiger partial charge on any atom is -0.492 e. The number of benzene rings is 2. The van der Waals surface area contributed by atoms with Crippen molar-refractivity contribution in [3.05, 3.63) is 121 Å². The Morgan fingerprint density at radius 3 is 2.40 bits per heavy atom. The third-order valence-electron chi connectivity index (χ3n) is 6.99. The van der Waals surface area contributed by atoms with Crippen molar-refractivity contribution in [3.63, 3.8) is 0 Å². The predicted molar refractivity (Wildman–Crippen MR) is 139 cm³/mol. The average molecular weight is 468 g/mol. The van der Waals surface area contributed by atoms with Crippen molar-refractivity contribution < 1.29 is 9.84 Å². The van der Waals surface area contributed by atoms with Gasteiger partial charge in [-0.15, -0.1) is 0 Å². The summed E-state index contributed by atoms with van der Waals surface area (Å²) in [6.45, 7) is 2.87. The third kappa shape index (κ3) is 5.70. The summed E-state index contributed by atoms with van der Waals surface area (Å²) < 4.78 is 6.29. The van der Waals surface area contributed by atoms with E-state index in [4.69, 9.17) is 4.74 Å². The summed E-state index contributed by atoms with van der Waals surface area (Å²) in [4.78, 5) is 8.94. The number of hydrogen-bond donors (Lipinski definition) is 1. The molecule has 1 aliphatic heterocycles. The highest BCUT2D eigenvalue weighted by Gasteiger charge is 2.38. The van der Waals surface area contributed by atoms with Gasteiger partial charge >= 0.3 is 0 Å². The van der Waals surface area contributed by atoms with Crippen molar-refractivity contribution in [2.45, 2.75) is 24.7 Å². The van der Waals surface area contributed by atoms with Crippen LogP contribution in [0.1, 0.15) is 29.8 Å². The molecule has 5 nitrogen and oxygen atoms in total. The van der Waals surface area contributed by atoms with Crippen molar-refractivity contribution in [3.8, 4) is 5.75 Å². The molecule has 2 heterocycles. The van der Waals surface area contributed by atoms with Gasteiger partial charge in [0.05, 0.1) is 6.04 Å². The molecule has 2 aliphatic rings. The lowest BCUT2D eigenvalue weighted by molar-refractivity contribution is -0.0701. The fourth-order valence-electron chi connectivity index (χ4n) is 5.25. The second kappa shape index (κ2) is 11.5. The number of piperazine rings is 1. The molecule has 4 atom stereocenters. The lowest BCUT2D eigenvalue weighted by Crippen LogP contribution is -2.57. The SMILES string of the molecule is OC(c1cccnc1)N1CCN(C(c2ccccc2)C2C=CC=CC2)C(COc2ccccc2)C1. The highest BCUT2D eigenvalue weighted by molar-refractivity contribution is 5.25. The topological polar surface area (TPSA) is 48.8 Å². The van der Waals surface area contributed by atoms with Crippen molar-refractivity contribution >= 4 is 0 Å². The van der Waals surface area contributed by atoms with Gasteiger partial charge in [0.2, 0.25) is 0 Å². The Hall–Kier alpha value is -3.25. The zero-order valence-electron chi connectivity index (χ0n) is 19.9. The highest BCUT2D eigenvalue weighted by Crippen LogP contribution is 2.37. The van der Waals surface area contributed by atoms with Gasteiger partial charge in [-0.2, -0.15) is 0 Å². The summed E-state index contributed by atoms with van der Waals surface area (Å²) >= 11 is 0. The number of aliphatic hydroxyl groups excluding tert-OH is 1. The molecular formula is C30H33N3O2. The number of aliphatic hydroxyl groups is 1. The molecule has 0 bridgehead atoms. The first-order chi connectivity index (χ1) is 17.3. The van der Waals surface area contributed by atoms with E-state index in [-0.39, 0.29) is 12.1 Å². The summed E-state index contributed by atoms with van der Waals surface area (Å²) in [6, 6.07) is 25.0. The van der Waals surface area contributed by atoms with Crippen molar-refractivity contribution in [1.29, 1.82) is 0 Å². The van der Waals surface area contributed by atoms with E-state index >= 15 is 0 Å². The molecule has 0 spiro atoms. The summed E-state index contributed by atoms with van der Waals surface area (Å²) in [5, 5.41) is 11.1. The molecule has 0 amide bonds. The van der Waals surface area contributed by atoms with Crippen LogP contribution in [-0.2, 0) is 0 Å². The van der Waals surface area contributed by atoms with E-state index in [0.29, 0.717) is 19.1 Å². The summed E-state index contributed by atoms with van der Waals surface area (Å²) in [5.41, 5.74) is 2.15. The van der Waals surface area contributed by atoms with E-state index in [2.05, 4.69) is 69.4 Å². The molecule has 2 aromatic carbocycles. The lowest BCUT2D eigenvalue weighted by Gasteiger charge is -2.48. The van der Waals surface area contributed by atoms with Crippen LogP contribution in [0.25, 0.3) is 0 Å². The first-order valence-corrected chi connectivity index (χ1v) is 12.4. The Balaban J connectivity index is 1.42. The second-order valence-electron chi connectivity index (χ2n) is 9.24. The maximum Gasteiger partial charge on any atom is 0.135 e. The fourth-order valence-corrected chi connectivity index (χ4v) is 5.25. The minimum atomic E-state index is -0.683. The van der Waals surface area contributed by atoms with E-state index in [1.807, 2.05) is 42.5 Å². The Morgan fingerprint density at radius 1 is 0.914 bits per heavy atom. The molecule has 1 aliphatic carbocycles. The molecule has 1 fully saturated rings. The smallest absolute Gasteiger partial charge is 0.135 e. The zero-order chi connectivity index (χ0) is 23.9. The van der Waals surface area contributed by atoms with Gasteiger partial charge in [0.1, 0.15) is 18.6 Å². The molecule has 0 radical (unpaired) electrons. The van der Waals surface area contributed by atoms with Gasteiger partial charge in [0, 0.05) is 49.6 Å². The molecule has 1 N–H and O–H groups in total. The largest absolute Gasteiger partial charge is 0.492 e. The van der Waals surface area contributed by atoms with Crippen LogP contribution in [0.5, 0.6) is 5.75 Å². The van der Waals surface area contributed by atoms with E-state index in [0.717, 1.165) is 30.8 Å². The van der Waals surface area contributed by atoms with Crippen LogP contribution in [0.15, 0.2) is 109 Å². The molecule has 1 aromatic heterocycles. The Morgan fingerprint density at radius 2 is 1.69 bits per heavy atom. The first-order valence-electron chi connectivity index (χ1n) is 12.4. The van der Waals surface area contributed by atoms with E-state index in [1.165, 1.54) is 5.56 Å². The maximum absolute atomic E-state index is 11.1. The number of hydrogen-bond acceptors (Lipinski definition) is 5. The number of aromatic nitrogens is 1. The molecule has 4 unspecified atom stereocenters. The van der Waals surface area contributed by atoms with Crippen molar-refractivity contribution in [2.75, 3.05) is 26.2 Å². The van der Waals surface area contributed by atoms with Crippen molar-refractivity contribution in [1.82, 2.24) is 14.8 Å². The average Bonchev–Trinajstić information content (AvgIpc) is 2.94. The second-order valence-corrected chi connectivity index (χ2v) is 9.24. The standard InChI is InChI=1S/C30H33N3O2/c34-30(26-15-10-18-31-21-26)32-19-20-33(27(22-32)23-35-28-16-8-3-9-17-28)29(24-11-4-1-5-12-24)25-13-6-2-7-14-25/h1-13,15-18,21,25,27,29-30,34H,14,19-20,22-23H2. The molecule has 35 heavy (non-hydrogen) atoms. The number of rotatable bonds is 8. The maximum atomic E-state index is 11.1. The molecule has 5 rings (SSSR count). The van der Waals surface area contributed by atoms with Gasteiger partial charge < -0.3 is 9.84 Å². The lowest BCUT2D eigenvalue weighted by atomic mass is 9.85. The number of nitrogens with zero attached hydrogens (tertiary/aromatic N) is 3. The van der Waals surface area contributed by atoms with Gasteiger partial charge in [0.15, 0.2) is 0 Å². The summed E-state index contributed by atoms with van der Waals surface area (Å²) in [6.07, 6.45) is 12.7. The summed E-state index contributed by atoms with van der Waals surface area (Å²) in [5.74, 6) is 1.26. The van der Waals surface area contributed by atoms with E-state index in [9.17, 15) is 5.11 Å². The van der Waals surface area contributed by atoms with Crippen LogP contribution in [0.2, 0.25) is 0 Å². The zero-order valence-corrected chi connectivity index (χ0v) is 19.9. The Kier molecular flexibility index (Phi) is 7.69. The van der Waals surface area contributed by atoms with Crippen LogP contribution < -0.4 is 4.74 Å². The first kappa shape index (κ1) is 23.5. The van der Waals surface area contributed by atoms with Crippen LogP contribution in [0.3, 0.4) is 0 Å². The van der Waals surface area contributed by atoms with Crippen LogP contribution in [0, 0.1) is 5.92 Å². The van der Waals surface area contributed by atoms with Crippen molar-refractivity contribution in [2.24, 2.45) is 5.92 Å². The molecule has 1 saturated heterocycles. The van der Waals surface area contributed by atoms with Crippen LogP contribution in [-0.4, -0.2) is 52.2 Å². The third-order valence-corrected chi connectivity index (χ3v) is 6.99. The normalized spacial score (nSPS) is 22.5. The van der Waals surface area contributed by atoms with Gasteiger partial charge in [-0.25, -0.2) is 0 Å². The molecule has 0 saturated carbocycles. The number of ether oxygens (including phenoxy) is 1. The highest BCUT2D eigenvalue weighted by atomic mass is 16.5. The van der Waals surface area contributed by atoms with Gasteiger partial charge in [-0.1, -0.05) is 78.9 Å².